The van der Waals surface area contributed by atoms with E-state index in [-0.39, 0.29) is 11.8 Å². The number of hydrogen-bond acceptors (Lipinski definition) is 5. The molecule has 1 N–H and O–H groups in total. The van der Waals surface area contributed by atoms with Gasteiger partial charge in [-0.1, -0.05) is 61.2 Å². The van der Waals surface area contributed by atoms with Gasteiger partial charge in [0.25, 0.3) is 5.91 Å². The molecular formula is C21H21N3O2S2. The number of nitrogens with one attached hydrogen (secondary N) is 1. The lowest BCUT2D eigenvalue weighted by Gasteiger charge is -2.14. The van der Waals surface area contributed by atoms with Crippen LogP contribution in [0, 0.1) is 0 Å². The third kappa shape index (κ3) is 5.27. The van der Waals surface area contributed by atoms with E-state index in [9.17, 15) is 9.59 Å². The first-order valence-corrected chi connectivity index (χ1v) is 10.3. The number of carbonyl (C=O) groups excluding carboxylic acids is 2. The van der Waals surface area contributed by atoms with Crippen LogP contribution in [0.2, 0.25) is 0 Å². The molecule has 0 spiro atoms. The van der Waals surface area contributed by atoms with Crippen LogP contribution < -0.4 is 5.32 Å². The monoisotopic (exact) mass is 411 g/mol. The fourth-order valence-electron chi connectivity index (χ4n) is 2.73. The van der Waals surface area contributed by atoms with E-state index in [0.29, 0.717) is 34.4 Å². The predicted octanol–water partition coefficient (Wildman–Crippen LogP) is 4.26. The van der Waals surface area contributed by atoms with E-state index < -0.39 is 0 Å². The van der Waals surface area contributed by atoms with E-state index in [1.165, 1.54) is 17.3 Å². The van der Waals surface area contributed by atoms with Gasteiger partial charge in [-0.05, 0) is 42.2 Å². The Morgan fingerprint density at radius 3 is 2.71 bits per heavy atom. The second kappa shape index (κ2) is 9.61. The van der Waals surface area contributed by atoms with Gasteiger partial charge in [-0.3, -0.25) is 14.5 Å². The molecule has 1 saturated heterocycles. The van der Waals surface area contributed by atoms with Crippen LogP contribution in [0.1, 0.15) is 30.9 Å². The Bertz CT molecular complexity index is 896. The molecule has 2 amide bonds. The summed E-state index contributed by atoms with van der Waals surface area (Å²) in [4.78, 5) is 30.9. The highest BCUT2D eigenvalue weighted by molar-refractivity contribution is 8.26. The van der Waals surface area contributed by atoms with Crippen molar-refractivity contribution in [1.29, 1.82) is 0 Å². The van der Waals surface area contributed by atoms with Crippen molar-refractivity contribution in [2.24, 2.45) is 0 Å². The zero-order valence-electron chi connectivity index (χ0n) is 15.6. The highest BCUT2D eigenvalue weighted by Gasteiger charge is 2.31. The van der Waals surface area contributed by atoms with Crippen LogP contribution >= 0.6 is 24.0 Å². The average Bonchev–Trinajstić information content (AvgIpc) is 2.96. The number of carbonyl (C=O) groups is 2. The minimum absolute atomic E-state index is 0.0975. The number of nitrogens with zero attached hydrogens (tertiary/aromatic N) is 2. The van der Waals surface area contributed by atoms with E-state index in [4.69, 9.17) is 12.2 Å². The number of rotatable bonds is 7. The van der Waals surface area contributed by atoms with Crippen molar-refractivity contribution in [2.75, 3.05) is 11.9 Å². The molecule has 0 bridgehead atoms. The zero-order valence-corrected chi connectivity index (χ0v) is 17.2. The summed E-state index contributed by atoms with van der Waals surface area (Å²) in [6.45, 7) is 2.53. The molecule has 0 atom stereocenters. The summed E-state index contributed by atoms with van der Waals surface area (Å²) in [6, 6.07) is 13.5. The van der Waals surface area contributed by atoms with Crippen molar-refractivity contribution in [2.45, 2.75) is 26.2 Å². The summed E-state index contributed by atoms with van der Waals surface area (Å²) in [5, 5.41) is 2.74. The van der Waals surface area contributed by atoms with Gasteiger partial charge in [0, 0.05) is 19.2 Å². The molecule has 2 heterocycles. The SMILES string of the molecule is CCc1ccc(/C=C2/SC(=S)N(CCCC(=O)Nc3ccccn3)C2=O)cc1. The van der Waals surface area contributed by atoms with E-state index in [0.717, 1.165) is 12.0 Å². The highest BCUT2D eigenvalue weighted by atomic mass is 32.2. The summed E-state index contributed by atoms with van der Waals surface area (Å²) in [7, 11) is 0. The van der Waals surface area contributed by atoms with Crippen molar-refractivity contribution < 1.29 is 9.59 Å². The van der Waals surface area contributed by atoms with Crippen LogP contribution in [0.4, 0.5) is 5.82 Å². The van der Waals surface area contributed by atoms with Gasteiger partial charge in [0.05, 0.1) is 4.91 Å². The molecule has 1 fully saturated rings. The van der Waals surface area contributed by atoms with Crippen LogP contribution in [-0.4, -0.2) is 32.6 Å². The van der Waals surface area contributed by atoms with Crippen molar-refractivity contribution in [3.8, 4) is 0 Å². The maximum absolute atomic E-state index is 12.6. The maximum atomic E-state index is 12.6. The largest absolute Gasteiger partial charge is 0.311 e. The Morgan fingerprint density at radius 2 is 2.04 bits per heavy atom. The first kappa shape index (κ1) is 20.2. The molecule has 1 aliphatic heterocycles. The fourth-order valence-corrected chi connectivity index (χ4v) is 4.04. The number of anilines is 1. The van der Waals surface area contributed by atoms with Gasteiger partial charge in [-0.15, -0.1) is 0 Å². The number of aryl methyl sites for hydroxylation is 1. The van der Waals surface area contributed by atoms with E-state index in [2.05, 4.69) is 29.4 Å². The van der Waals surface area contributed by atoms with Crippen molar-refractivity contribution in [3.63, 3.8) is 0 Å². The number of aromatic nitrogens is 1. The minimum Gasteiger partial charge on any atom is -0.311 e. The smallest absolute Gasteiger partial charge is 0.266 e. The molecule has 144 valence electrons. The second-order valence-electron chi connectivity index (χ2n) is 6.30. The number of pyridine rings is 1. The van der Waals surface area contributed by atoms with Crippen molar-refractivity contribution in [1.82, 2.24) is 9.88 Å². The molecule has 0 radical (unpaired) electrons. The molecule has 2 aromatic rings. The molecule has 1 aliphatic rings. The summed E-state index contributed by atoms with van der Waals surface area (Å²) in [5.41, 5.74) is 2.24. The number of benzene rings is 1. The van der Waals surface area contributed by atoms with Crippen LogP contribution in [0.5, 0.6) is 0 Å². The Balaban J connectivity index is 1.53. The summed E-state index contributed by atoms with van der Waals surface area (Å²) in [6.07, 6.45) is 5.30. The average molecular weight is 412 g/mol. The van der Waals surface area contributed by atoms with Crippen LogP contribution in [0.25, 0.3) is 6.08 Å². The summed E-state index contributed by atoms with van der Waals surface area (Å²) >= 11 is 6.66. The number of thiocarbonyl (C=S) groups is 1. The lowest BCUT2D eigenvalue weighted by molar-refractivity contribution is -0.122. The third-order valence-electron chi connectivity index (χ3n) is 4.28. The number of hydrogen-bond donors (Lipinski definition) is 1. The predicted molar refractivity (Wildman–Crippen MR) is 118 cm³/mol. The van der Waals surface area contributed by atoms with E-state index in [1.54, 1.807) is 23.2 Å². The topological polar surface area (TPSA) is 62.3 Å². The molecular weight excluding hydrogens is 390 g/mol. The molecule has 28 heavy (non-hydrogen) atoms. The van der Waals surface area contributed by atoms with Crippen LogP contribution in [0.3, 0.4) is 0 Å². The third-order valence-corrected chi connectivity index (χ3v) is 5.66. The van der Waals surface area contributed by atoms with Gasteiger partial charge in [0.15, 0.2) is 0 Å². The lowest BCUT2D eigenvalue weighted by atomic mass is 10.1. The molecule has 0 unspecified atom stereocenters. The van der Waals surface area contributed by atoms with Gasteiger partial charge >= 0.3 is 0 Å². The van der Waals surface area contributed by atoms with Gasteiger partial charge in [0.1, 0.15) is 10.1 Å². The van der Waals surface area contributed by atoms with Gasteiger partial charge in [0.2, 0.25) is 5.91 Å². The molecule has 1 aromatic heterocycles. The summed E-state index contributed by atoms with van der Waals surface area (Å²) in [5.74, 6) is 0.297. The number of amides is 2. The first-order chi connectivity index (χ1) is 13.6. The Labute approximate surface area is 174 Å². The standard InChI is InChI=1S/C21H21N3O2S2/c1-2-15-8-10-16(11-9-15)14-17-20(26)24(21(27)28-17)13-5-7-19(25)23-18-6-3-4-12-22-18/h3-4,6,8-12,14H,2,5,7,13H2,1H3,(H,22,23,25)/b17-14+. The number of thioether (sulfide) groups is 1. The van der Waals surface area contributed by atoms with E-state index in [1.807, 2.05) is 24.3 Å². The molecule has 0 aliphatic carbocycles. The fraction of sp³-hybridized carbons (Fsp3) is 0.238. The van der Waals surface area contributed by atoms with Gasteiger partial charge in [-0.2, -0.15) is 0 Å². The van der Waals surface area contributed by atoms with Crippen LogP contribution in [0.15, 0.2) is 53.6 Å². The van der Waals surface area contributed by atoms with Crippen molar-refractivity contribution >= 4 is 52.0 Å². The Morgan fingerprint density at radius 1 is 1.25 bits per heavy atom. The molecule has 3 rings (SSSR count). The maximum Gasteiger partial charge on any atom is 0.266 e. The minimum atomic E-state index is -0.129. The quantitative estimate of drug-likeness (QED) is 0.545. The molecule has 0 saturated carbocycles. The Kier molecular flexibility index (Phi) is 6.95. The van der Waals surface area contributed by atoms with Gasteiger partial charge in [-0.25, -0.2) is 4.98 Å². The summed E-state index contributed by atoms with van der Waals surface area (Å²) < 4.78 is 0.534. The zero-order chi connectivity index (χ0) is 19.9. The van der Waals surface area contributed by atoms with Crippen LogP contribution in [-0.2, 0) is 16.0 Å². The normalized spacial score (nSPS) is 15.3. The molecule has 7 heteroatoms. The lowest BCUT2D eigenvalue weighted by Crippen LogP contribution is -2.29. The van der Waals surface area contributed by atoms with Crippen molar-refractivity contribution in [3.05, 3.63) is 64.7 Å². The Hall–Kier alpha value is -2.51. The molecule has 5 nitrogen and oxygen atoms in total. The first-order valence-electron chi connectivity index (χ1n) is 9.12. The van der Waals surface area contributed by atoms with E-state index >= 15 is 0 Å². The molecule has 1 aromatic carbocycles. The van der Waals surface area contributed by atoms with Gasteiger partial charge < -0.3 is 5.32 Å². The highest BCUT2D eigenvalue weighted by Crippen LogP contribution is 2.32. The second-order valence-corrected chi connectivity index (χ2v) is 7.97.